The molecule has 2 atom stereocenters. The Bertz CT molecular complexity index is 636. The van der Waals surface area contributed by atoms with Crippen molar-refractivity contribution in [2.75, 3.05) is 50.4 Å². The van der Waals surface area contributed by atoms with E-state index in [4.69, 9.17) is 9.47 Å². The highest BCUT2D eigenvalue weighted by Crippen LogP contribution is 2.23. The number of aliphatic hydroxyl groups excluding tert-OH is 2. The Kier molecular flexibility index (Phi) is 13.4. The second kappa shape index (κ2) is 15.5. The number of hydrogen-bond acceptors (Lipinski definition) is 8. The summed E-state index contributed by atoms with van der Waals surface area (Å²) in [6, 6.07) is 16.6. The first-order valence-electron chi connectivity index (χ1n) is 9.66. The summed E-state index contributed by atoms with van der Waals surface area (Å²) in [6.45, 7) is 1.37. The summed E-state index contributed by atoms with van der Waals surface area (Å²) in [5.41, 5.74) is 0. The molecular formula is C22H30O4S4. The Morgan fingerprint density at radius 2 is 0.967 bits per heavy atom. The van der Waals surface area contributed by atoms with Crippen LogP contribution in [0.15, 0.2) is 68.1 Å². The number of thioether (sulfide) groups is 4. The summed E-state index contributed by atoms with van der Waals surface area (Å²) >= 11 is 6.67. The highest BCUT2D eigenvalue weighted by Gasteiger charge is 2.08. The van der Waals surface area contributed by atoms with Gasteiger partial charge < -0.3 is 19.7 Å². The SMILES string of the molecule is CSc1ccc(SCC(O)COCCOCC(O)CSc2ccc(SC)cc2)cc1. The van der Waals surface area contributed by atoms with E-state index in [-0.39, 0.29) is 13.2 Å². The number of benzene rings is 2. The van der Waals surface area contributed by atoms with E-state index >= 15 is 0 Å². The predicted molar refractivity (Wildman–Crippen MR) is 132 cm³/mol. The largest absolute Gasteiger partial charge is 0.390 e. The zero-order valence-electron chi connectivity index (χ0n) is 17.4. The molecule has 2 N–H and O–H groups in total. The molecule has 0 bridgehead atoms. The molecule has 0 aliphatic rings. The first-order chi connectivity index (χ1) is 14.6. The molecule has 0 aliphatic carbocycles. The molecule has 0 saturated heterocycles. The van der Waals surface area contributed by atoms with Crippen molar-refractivity contribution >= 4 is 47.0 Å². The van der Waals surface area contributed by atoms with Crippen molar-refractivity contribution in [2.24, 2.45) is 0 Å². The quantitative estimate of drug-likeness (QED) is 0.276. The summed E-state index contributed by atoms with van der Waals surface area (Å²) in [6.07, 6.45) is 3.07. The standard InChI is InChI=1S/C22H30O4S4/c1-27-19-3-7-21(8-4-19)29-15-17(23)13-25-11-12-26-14-18(24)16-30-22-9-5-20(28-2)6-10-22/h3-10,17-18,23-24H,11-16H2,1-2H3. The van der Waals surface area contributed by atoms with Gasteiger partial charge in [-0.2, -0.15) is 0 Å². The van der Waals surface area contributed by atoms with Gasteiger partial charge in [0, 0.05) is 31.1 Å². The fraction of sp³-hybridized carbons (Fsp3) is 0.455. The van der Waals surface area contributed by atoms with Crippen LogP contribution in [0.3, 0.4) is 0 Å². The molecular weight excluding hydrogens is 457 g/mol. The van der Waals surface area contributed by atoms with E-state index in [2.05, 4.69) is 61.0 Å². The summed E-state index contributed by atoms with van der Waals surface area (Å²) in [5, 5.41) is 20.1. The Balaban J connectivity index is 1.47. The maximum absolute atomic E-state index is 10.0. The maximum atomic E-state index is 10.0. The van der Waals surface area contributed by atoms with E-state index in [1.54, 1.807) is 47.0 Å². The molecule has 0 radical (unpaired) electrons. The van der Waals surface area contributed by atoms with Crippen LogP contribution >= 0.6 is 47.0 Å². The van der Waals surface area contributed by atoms with Gasteiger partial charge in [-0.1, -0.05) is 0 Å². The molecule has 30 heavy (non-hydrogen) atoms. The predicted octanol–water partition coefficient (Wildman–Crippen LogP) is 4.77. The van der Waals surface area contributed by atoms with Crippen LogP contribution in [0.4, 0.5) is 0 Å². The van der Waals surface area contributed by atoms with Gasteiger partial charge in [0.05, 0.1) is 38.6 Å². The smallest absolute Gasteiger partial charge is 0.0867 e. The molecule has 0 fully saturated rings. The molecule has 0 saturated carbocycles. The molecule has 0 aromatic heterocycles. The fourth-order valence-electron chi connectivity index (χ4n) is 2.38. The minimum atomic E-state index is -0.519. The third-order valence-corrected chi connectivity index (χ3v) is 7.80. The van der Waals surface area contributed by atoms with Crippen molar-refractivity contribution in [3.05, 3.63) is 48.5 Å². The van der Waals surface area contributed by atoms with E-state index in [0.717, 1.165) is 9.79 Å². The van der Waals surface area contributed by atoms with Gasteiger partial charge in [-0.25, -0.2) is 0 Å². The molecule has 0 spiro atoms. The molecule has 0 aliphatic heterocycles. The number of ether oxygens (including phenoxy) is 2. The molecule has 2 rings (SSSR count). The average molecular weight is 487 g/mol. The van der Waals surface area contributed by atoms with Crippen LogP contribution in [0.25, 0.3) is 0 Å². The Morgan fingerprint density at radius 1 is 0.633 bits per heavy atom. The van der Waals surface area contributed by atoms with Crippen molar-refractivity contribution in [1.82, 2.24) is 0 Å². The number of rotatable bonds is 15. The lowest BCUT2D eigenvalue weighted by Gasteiger charge is -2.13. The van der Waals surface area contributed by atoms with E-state index in [1.807, 2.05) is 0 Å². The fourth-order valence-corrected chi connectivity index (χ4v) is 4.82. The van der Waals surface area contributed by atoms with Gasteiger partial charge in [0.25, 0.3) is 0 Å². The second-order valence-corrected chi connectivity index (χ2v) is 10.4. The van der Waals surface area contributed by atoms with E-state index in [9.17, 15) is 10.2 Å². The minimum absolute atomic E-state index is 0.281. The summed E-state index contributed by atoms with van der Waals surface area (Å²) < 4.78 is 10.9. The Labute approximate surface area is 196 Å². The summed E-state index contributed by atoms with van der Waals surface area (Å²) in [4.78, 5) is 4.75. The van der Waals surface area contributed by atoms with Crippen LogP contribution in [0.5, 0.6) is 0 Å². The Hall–Kier alpha value is -0.320. The van der Waals surface area contributed by atoms with Gasteiger partial charge >= 0.3 is 0 Å². The highest BCUT2D eigenvalue weighted by molar-refractivity contribution is 8.00. The van der Waals surface area contributed by atoms with Gasteiger partial charge in [0.1, 0.15) is 0 Å². The van der Waals surface area contributed by atoms with Gasteiger partial charge in [-0.3, -0.25) is 0 Å². The van der Waals surface area contributed by atoms with Crippen LogP contribution in [-0.4, -0.2) is 72.9 Å². The van der Waals surface area contributed by atoms with Crippen molar-refractivity contribution < 1.29 is 19.7 Å². The summed E-state index contributed by atoms with van der Waals surface area (Å²) in [7, 11) is 0. The molecule has 0 heterocycles. The summed E-state index contributed by atoms with van der Waals surface area (Å²) in [5.74, 6) is 1.18. The van der Waals surface area contributed by atoms with Crippen molar-refractivity contribution in [3.8, 4) is 0 Å². The topological polar surface area (TPSA) is 58.9 Å². The monoisotopic (exact) mass is 486 g/mol. The number of hydrogen-bond donors (Lipinski definition) is 2. The second-order valence-electron chi connectivity index (χ2n) is 6.43. The third-order valence-electron chi connectivity index (χ3n) is 4.00. The lowest BCUT2D eigenvalue weighted by molar-refractivity contribution is -0.00843. The highest BCUT2D eigenvalue weighted by atomic mass is 32.2. The van der Waals surface area contributed by atoms with Crippen molar-refractivity contribution in [2.45, 2.75) is 31.8 Å². The van der Waals surface area contributed by atoms with Crippen LogP contribution in [-0.2, 0) is 9.47 Å². The molecule has 2 aromatic carbocycles. The zero-order chi connectivity index (χ0) is 21.6. The molecule has 2 aromatic rings. The number of aliphatic hydroxyl groups is 2. The normalized spacial score (nSPS) is 13.3. The van der Waals surface area contributed by atoms with Gasteiger partial charge in [0.2, 0.25) is 0 Å². The van der Waals surface area contributed by atoms with E-state index < -0.39 is 12.2 Å². The lowest BCUT2D eigenvalue weighted by atomic mass is 10.4. The van der Waals surface area contributed by atoms with Gasteiger partial charge in [-0.05, 0) is 61.0 Å². The molecule has 2 unspecified atom stereocenters. The van der Waals surface area contributed by atoms with E-state index in [0.29, 0.717) is 24.7 Å². The third kappa shape index (κ3) is 10.8. The Morgan fingerprint density at radius 3 is 1.30 bits per heavy atom. The van der Waals surface area contributed by atoms with E-state index in [1.165, 1.54) is 9.79 Å². The zero-order valence-corrected chi connectivity index (χ0v) is 20.6. The molecule has 8 heteroatoms. The first kappa shape index (κ1) is 25.9. The van der Waals surface area contributed by atoms with Crippen LogP contribution in [0.2, 0.25) is 0 Å². The van der Waals surface area contributed by atoms with Crippen LogP contribution in [0, 0.1) is 0 Å². The molecule has 166 valence electrons. The van der Waals surface area contributed by atoms with Gasteiger partial charge in [0.15, 0.2) is 0 Å². The van der Waals surface area contributed by atoms with Crippen LogP contribution in [0.1, 0.15) is 0 Å². The average Bonchev–Trinajstić information content (AvgIpc) is 2.79. The maximum Gasteiger partial charge on any atom is 0.0867 e. The van der Waals surface area contributed by atoms with Crippen LogP contribution < -0.4 is 0 Å². The lowest BCUT2D eigenvalue weighted by Crippen LogP contribution is -2.22. The van der Waals surface area contributed by atoms with Gasteiger partial charge in [-0.15, -0.1) is 47.0 Å². The molecule has 0 amide bonds. The minimum Gasteiger partial charge on any atom is -0.390 e. The van der Waals surface area contributed by atoms with Crippen molar-refractivity contribution in [3.63, 3.8) is 0 Å². The molecule has 4 nitrogen and oxygen atoms in total. The van der Waals surface area contributed by atoms with Crippen molar-refractivity contribution in [1.29, 1.82) is 0 Å². The first-order valence-corrected chi connectivity index (χ1v) is 14.1.